The summed E-state index contributed by atoms with van der Waals surface area (Å²) in [5, 5.41) is 11.7. The maximum Gasteiger partial charge on any atom is 0.231 e. The second-order valence-electron chi connectivity index (χ2n) is 4.63. The lowest BCUT2D eigenvalue weighted by Gasteiger charge is -2.16. The minimum Gasteiger partial charge on any atom is -0.394 e. The molecule has 2 rings (SSSR count). The first-order chi connectivity index (χ1) is 9.79. The van der Waals surface area contributed by atoms with Crippen molar-refractivity contribution in [3.63, 3.8) is 0 Å². The second kappa shape index (κ2) is 7.81. The Morgan fingerprint density at radius 1 is 1.20 bits per heavy atom. The molecule has 1 aromatic heterocycles. The van der Waals surface area contributed by atoms with E-state index in [0.717, 1.165) is 32.4 Å². The van der Waals surface area contributed by atoms with Gasteiger partial charge in [0.2, 0.25) is 17.8 Å². The molecular weight excluding hydrogens is 260 g/mol. The van der Waals surface area contributed by atoms with Crippen molar-refractivity contribution in [2.45, 2.75) is 19.3 Å². The zero-order valence-electron chi connectivity index (χ0n) is 11.6. The zero-order valence-corrected chi connectivity index (χ0v) is 11.6. The average molecular weight is 282 g/mol. The first-order valence-corrected chi connectivity index (χ1v) is 6.98. The molecule has 0 spiro atoms. The fourth-order valence-corrected chi connectivity index (χ4v) is 2.06. The van der Waals surface area contributed by atoms with Gasteiger partial charge in [-0.2, -0.15) is 15.0 Å². The molecule has 0 aromatic carbocycles. The van der Waals surface area contributed by atoms with Gasteiger partial charge in [-0.15, -0.1) is 0 Å². The van der Waals surface area contributed by atoms with Crippen LogP contribution in [-0.2, 0) is 4.74 Å². The molecule has 0 radical (unpaired) electrons. The smallest absolute Gasteiger partial charge is 0.231 e. The van der Waals surface area contributed by atoms with Gasteiger partial charge in [0.25, 0.3) is 0 Å². The van der Waals surface area contributed by atoms with Gasteiger partial charge < -0.3 is 25.8 Å². The Morgan fingerprint density at radius 3 is 2.75 bits per heavy atom. The molecule has 8 heteroatoms. The first-order valence-electron chi connectivity index (χ1n) is 6.98. The Bertz CT molecular complexity index is 411. The van der Waals surface area contributed by atoms with E-state index in [9.17, 15) is 0 Å². The maximum atomic E-state index is 8.58. The fraction of sp³-hybridized carbons (Fsp3) is 0.750. The topological polar surface area (TPSA) is 109 Å². The summed E-state index contributed by atoms with van der Waals surface area (Å²) in [6.45, 7) is 3.64. The molecule has 8 nitrogen and oxygen atoms in total. The van der Waals surface area contributed by atoms with Crippen LogP contribution in [0.5, 0.6) is 0 Å². The van der Waals surface area contributed by atoms with Crippen molar-refractivity contribution in [1.82, 2.24) is 15.0 Å². The van der Waals surface area contributed by atoms with Gasteiger partial charge in [-0.1, -0.05) is 0 Å². The number of nitrogens with one attached hydrogen (secondary N) is 1. The molecule has 0 aliphatic carbocycles. The minimum atomic E-state index is 0.0522. The number of hydrogen-bond acceptors (Lipinski definition) is 8. The van der Waals surface area contributed by atoms with Crippen LogP contribution >= 0.6 is 0 Å². The van der Waals surface area contributed by atoms with E-state index in [1.54, 1.807) is 0 Å². The van der Waals surface area contributed by atoms with E-state index < -0.39 is 0 Å². The SMILES string of the molecule is Nc1nc(NCCCOCCO)nc(N2CCCC2)n1. The third kappa shape index (κ3) is 4.46. The molecule has 0 amide bonds. The number of anilines is 3. The number of nitrogen functional groups attached to an aromatic ring is 1. The van der Waals surface area contributed by atoms with Crippen molar-refractivity contribution >= 4 is 17.8 Å². The quantitative estimate of drug-likeness (QED) is 0.565. The normalized spacial score (nSPS) is 14.8. The van der Waals surface area contributed by atoms with Crippen LogP contribution in [0, 0.1) is 0 Å². The first kappa shape index (κ1) is 14.7. The summed E-state index contributed by atoms with van der Waals surface area (Å²) in [4.78, 5) is 14.7. The van der Waals surface area contributed by atoms with E-state index in [2.05, 4.69) is 25.2 Å². The number of rotatable bonds is 8. The molecule has 1 fully saturated rings. The molecular formula is C12H22N6O2. The Kier molecular flexibility index (Phi) is 5.75. The molecule has 112 valence electrons. The number of ether oxygens (including phenoxy) is 1. The number of nitrogens with zero attached hydrogens (tertiary/aromatic N) is 4. The summed E-state index contributed by atoms with van der Waals surface area (Å²) in [7, 11) is 0. The minimum absolute atomic E-state index is 0.0522. The summed E-state index contributed by atoms with van der Waals surface area (Å²) < 4.78 is 5.17. The third-order valence-corrected chi connectivity index (χ3v) is 3.01. The van der Waals surface area contributed by atoms with Crippen molar-refractivity contribution in [2.24, 2.45) is 0 Å². The lowest BCUT2D eigenvalue weighted by molar-refractivity contribution is 0.0921. The lowest BCUT2D eigenvalue weighted by atomic mass is 10.4. The van der Waals surface area contributed by atoms with Crippen LogP contribution in [0.2, 0.25) is 0 Å². The number of aliphatic hydroxyl groups excluding tert-OH is 1. The van der Waals surface area contributed by atoms with Crippen LogP contribution in [0.1, 0.15) is 19.3 Å². The number of hydrogen-bond donors (Lipinski definition) is 3. The molecule has 0 atom stereocenters. The molecule has 1 aliphatic heterocycles. The monoisotopic (exact) mass is 282 g/mol. The van der Waals surface area contributed by atoms with Crippen molar-refractivity contribution in [3.05, 3.63) is 0 Å². The Labute approximate surface area is 118 Å². The average Bonchev–Trinajstić information content (AvgIpc) is 2.96. The van der Waals surface area contributed by atoms with Crippen LogP contribution < -0.4 is 16.0 Å². The fourth-order valence-electron chi connectivity index (χ4n) is 2.06. The number of aliphatic hydroxyl groups is 1. The Hall–Kier alpha value is -1.67. The summed E-state index contributed by atoms with van der Waals surface area (Å²) >= 11 is 0. The zero-order chi connectivity index (χ0) is 14.2. The molecule has 0 bridgehead atoms. The molecule has 20 heavy (non-hydrogen) atoms. The van der Waals surface area contributed by atoms with Gasteiger partial charge in [0.15, 0.2) is 0 Å². The highest BCUT2D eigenvalue weighted by atomic mass is 16.5. The highest BCUT2D eigenvalue weighted by molar-refractivity contribution is 5.42. The largest absolute Gasteiger partial charge is 0.394 e. The van der Waals surface area contributed by atoms with Gasteiger partial charge in [0.1, 0.15) is 0 Å². The van der Waals surface area contributed by atoms with Crippen LogP contribution in [-0.4, -0.2) is 59.5 Å². The van der Waals surface area contributed by atoms with Gasteiger partial charge in [-0.3, -0.25) is 0 Å². The summed E-state index contributed by atoms with van der Waals surface area (Å²) in [6, 6.07) is 0. The highest BCUT2D eigenvalue weighted by Crippen LogP contribution is 2.17. The van der Waals surface area contributed by atoms with Crippen molar-refractivity contribution in [2.75, 3.05) is 55.4 Å². The standard InChI is InChI=1S/C12H22N6O2/c13-10-15-11(14-4-3-8-20-9-7-19)17-12(16-10)18-5-1-2-6-18/h19H,1-9H2,(H3,13,14,15,16,17). The predicted molar refractivity (Wildman–Crippen MR) is 76.7 cm³/mol. The molecule has 1 aromatic rings. The van der Waals surface area contributed by atoms with Crippen LogP contribution in [0.3, 0.4) is 0 Å². The summed E-state index contributed by atoms with van der Waals surface area (Å²) in [5.74, 6) is 1.39. The number of nitrogens with two attached hydrogens (primary N) is 1. The van der Waals surface area contributed by atoms with E-state index in [1.165, 1.54) is 0 Å². The van der Waals surface area contributed by atoms with Crippen molar-refractivity contribution in [1.29, 1.82) is 0 Å². The van der Waals surface area contributed by atoms with E-state index in [-0.39, 0.29) is 12.6 Å². The van der Waals surface area contributed by atoms with Gasteiger partial charge in [0.05, 0.1) is 13.2 Å². The van der Waals surface area contributed by atoms with E-state index in [4.69, 9.17) is 15.6 Å². The van der Waals surface area contributed by atoms with Crippen molar-refractivity contribution < 1.29 is 9.84 Å². The molecule has 1 aliphatic rings. The van der Waals surface area contributed by atoms with Gasteiger partial charge in [-0.05, 0) is 19.3 Å². The van der Waals surface area contributed by atoms with Gasteiger partial charge >= 0.3 is 0 Å². The van der Waals surface area contributed by atoms with E-state index in [0.29, 0.717) is 31.7 Å². The highest BCUT2D eigenvalue weighted by Gasteiger charge is 2.16. The van der Waals surface area contributed by atoms with E-state index >= 15 is 0 Å². The number of aromatic nitrogens is 3. The Balaban J connectivity index is 1.81. The molecule has 0 saturated carbocycles. The molecule has 1 saturated heterocycles. The van der Waals surface area contributed by atoms with Crippen LogP contribution in [0.25, 0.3) is 0 Å². The second-order valence-corrected chi connectivity index (χ2v) is 4.63. The molecule has 2 heterocycles. The maximum absolute atomic E-state index is 8.58. The summed E-state index contributed by atoms with van der Waals surface area (Å²) in [6.07, 6.45) is 3.14. The lowest BCUT2D eigenvalue weighted by Crippen LogP contribution is -2.22. The molecule has 4 N–H and O–H groups in total. The van der Waals surface area contributed by atoms with E-state index in [1.807, 2.05) is 0 Å². The van der Waals surface area contributed by atoms with Crippen molar-refractivity contribution in [3.8, 4) is 0 Å². The van der Waals surface area contributed by atoms with Crippen LogP contribution in [0.4, 0.5) is 17.8 Å². The Morgan fingerprint density at radius 2 is 2.00 bits per heavy atom. The van der Waals surface area contributed by atoms with Crippen LogP contribution in [0.15, 0.2) is 0 Å². The summed E-state index contributed by atoms with van der Waals surface area (Å²) in [5.41, 5.74) is 5.72. The van der Waals surface area contributed by atoms with Gasteiger partial charge in [0, 0.05) is 26.2 Å². The third-order valence-electron chi connectivity index (χ3n) is 3.01. The predicted octanol–water partition coefficient (Wildman–Crippen LogP) is -0.135. The molecule has 0 unspecified atom stereocenters. The van der Waals surface area contributed by atoms with Gasteiger partial charge in [-0.25, -0.2) is 0 Å².